The number of methoxy groups -OCH3 is 1. The Hall–Kier alpha value is -2.17. The van der Waals surface area contributed by atoms with E-state index in [1.807, 2.05) is 31.2 Å². The van der Waals surface area contributed by atoms with Gasteiger partial charge >= 0.3 is 0 Å². The third-order valence-corrected chi connectivity index (χ3v) is 5.07. The second kappa shape index (κ2) is 6.28. The van der Waals surface area contributed by atoms with E-state index in [0.29, 0.717) is 10.6 Å². The highest BCUT2D eigenvalue weighted by molar-refractivity contribution is 6.30. The molecule has 0 saturated carbocycles. The minimum absolute atomic E-state index is 0.134. The van der Waals surface area contributed by atoms with E-state index in [-0.39, 0.29) is 23.1 Å². The van der Waals surface area contributed by atoms with Crippen molar-refractivity contribution in [2.24, 2.45) is 0 Å². The van der Waals surface area contributed by atoms with Gasteiger partial charge in [-0.25, -0.2) is 0 Å². The van der Waals surface area contributed by atoms with Crippen LogP contribution in [-0.2, 0) is 10.2 Å². The van der Waals surface area contributed by atoms with Gasteiger partial charge in [-0.15, -0.1) is 0 Å². The molecule has 5 heteroatoms. The Balaban J connectivity index is 2.23. The number of hydrogen-bond donors (Lipinski definition) is 2. The summed E-state index contributed by atoms with van der Waals surface area (Å²) in [6, 6.07) is 10.7. The van der Waals surface area contributed by atoms with Gasteiger partial charge in [-0.3, -0.25) is 0 Å². The Morgan fingerprint density at radius 3 is 2.60 bits per heavy atom. The van der Waals surface area contributed by atoms with Crippen molar-refractivity contribution >= 4 is 23.4 Å². The van der Waals surface area contributed by atoms with Gasteiger partial charge < -0.3 is 19.8 Å². The second-order valence-corrected chi connectivity index (χ2v) is 7.17. The number of aromatic hydroxyl groups is 2. The van der Waals surface area contributed by atoms with Crippen LogP contribution in [0.2, 0.25) is 5.02 Å². The van der Waals surface area contributed by atoms with Crippen LogP contribution in [0, 0.1) is 0 Å². The lowest BCUT2D eigenvalue weighted by atomic mass is 9.83. The fraction of sp³-hybridized carbons (Fsp3) is 0.300. The Morgan fingerprint density at radius 1 is 1.20 bits per heavy atom. The zero-order valence-corrected chi connectivity index (χ0v) is 15.5. The lowest BCUT2D eigenvalue weighted by Crippen LogP contribution is -2.34. The first kappa shape index (κ1) is 17.6. The fourth-order valence-electron chi connectivity index (χ4n) is 3.35. The van der Waals surface area contributed by atoms with E-state index in [9.17, 15) is 10.2 Å². The predicted molar refractivity (Wildman–Crippen MR) is 101 cm³/mol. The number of hydrogen-bond acceptors (Lipinski definition) is 4. The molecule has 1 unspecified atom stereocenters. The number of rotatable bonds is 3. The minimum atomic E-state index is -0.342. The van der Waals surface area contributed by atoms with Crippen LogP contribution in [0.25, 0.3) is 6.08 Å². The zero-order chi connectivity index (χ0) is 18.4. The molecule has 0 saturated heterocycles. The number of allylic oxidation sites excluding steroid dienone is 1. The molecule has 2 N–H and O–H groups in total. The highest BCUT2D eigenvalue weighted by Crippen LogP contribution is 2.50. The van der Waals surface area contributed by atoms with Gasteiger partial charge in [0, 0.05) is 34.5 Å². The predicted octanol–water partition coefficient (Wildman–Crippen LogP) is 4.88. The van der Waals surface area contributed by atoms with Crippen molar-refractivity contribution in [3.63, 3.8) is 0 Å². The molecule has 1 aliphatic heterocycles. The number of phenols is 2. The van der Waals surface area contributed by atoms with Gasteiger partial charge in [0.15, 0.2) is 11.5 Å². The Bertz CT molecular complexity index is 845. The van der Waals surface area contributed by atoms with Crippen molar-refractivity contribution in [3.05, 3.63) is 58.2 Å². The van der Waals surface area contributed by atoms with E-state index >= 15 is 0 Å². The van der Waals surface area contributed by atoms with Gasteiger partial charge in [-0.1, -0.05) is 37.6 Å². The van der Waals surface area contributed by atoms with E-state index in [4.69, 9.17) is 16.3 Å². The van der Waals surface area contributed by atoms with Crippen LogP contribution in [0.3, 0.4) is 0 Å². The standard InChI is InChI=1S/C20H22ClNO3/c1-12(25-4)22-16-9-8-14(21)11-15(16)20(2,3)18(22)10-13-6-5-7-17(23)19(13)24/h5-12,23-24H,1-4H3/b18-10+. The summed E-state index contributed by atoms with van der Waals surface area (Å²) >= 11 is 6.22. The molecule has 1 aliphatic rings. The highest BCUT2D eigenvalue weighted by Gasteiger charge is 2.42. The van der Waals surface area contributed by atoms with E-state index in [0.717, 1.165) is 16.9 Å². The average molecular weight is 360 g/mol. The molecule has 1 heterocycles. The molecule has 0 bridgehead atoms. The summed E-state index contributed by atoms with van der Waals surface area (Å²) in [5, 5.41) is 20.7. The molecule has 0 aliphatic carbocycles. The summed E-state index contributed by atoms with van der Waals surface area (Å²) in [6.45, 7) is 6.18. The van der Waals surface area contributed by atoms with Gasteiger partial charge in [0.2, 0.25) is 0 Å². The van der Waals surface area contributed by atoms with Crippen LogP contribution in [0.1, 0.15) is 31.9 Å². The van der Waals surface area contributed by atoms with Crippen molar-refractivity contribution in [2.75, 3.05) is 12.0 Å². The molecule has 0 spiro atoms. The molecule has 25 heavy (non-hydrogen) atoms. The average Bonchev–Trinajstić information content (AvgIpc) is 2.79. The van der Waals surface area contributed by atoms with Gasteiger partial charge in [0.1, 0.15) is 6.23 Å². The molecule has 0 fully saturated rings. The molecule has 4 nitrogen and oxygen atoms in total. The second-order valence-electron chi connectivity index (χ2n) is 6.74. The molecule has 0 aromatic heterocycles. The smallest absolute Gasteiger partial charge is 0.164 e. The number of nitrogens with zero attached hydrogens (tertiary/aromatic N) is 1. The SMILES string of the molecule is COC(C)N1/C(=C/c2cccc(O)c2O)C(C)(C)c2cc(Cl)ccc21. The molecular weight excluding hydrogens is 338 g/mol. The van der Waals surface area contributed by atoms with E-state index in [1.165, 1.54) is 6.07 Å². The minimum Gasteiger partial charge on any atom is -0.504 e. The first-order valence-corrected chi connectivity index (χ1v) is 8.50. The Kier molecular flexibility index (Phi) is 4.43. The lowest BCUT2D eigenvalue weighted by molar-refractivity contribution is 0.120. The summed E-state index contributed by atoms with van der Waals surface area (Å²) in [5.41, 5.74) is 3.28. The Morgan fingerprint density at radius 2 is 1.92 bits per heavy atom. The molecule has 1 atom stereocenters. The van der Waals surface area contributed by atoms with Crippen LogP contribution < -0.4 is 4.90 Å². The number of benzene rings is 2. The van der Waals surface area contributed by atoms with Crippen LogP contribution in [0.15, 0.2) is 42.1 Å². The first-order chi connectivity index (χ1) is 11.8. The van der Waals surface area contributed by atoms with Crippen LogP contribution in [0.4, 0.5) is 5.69 Å². The summed E-state index contributed by atoms with van der Waals surface area (Å²) in [4.78, 5) is 2.09. The maximum absolute atomic E-state index is 10.2. The van der Waals surface area contributed by atoms with Crippen molar-refractivity contribution < 1.29 is 14.9 Å². The first-order valence-electron chi connectivity index (χ1n) is 8.12. The van der Waals surface area contributed by atoms with Crippen LogP contribution >= 0.6 is 11.6 Å². The molecule has 0 amide bonds. The van der Waals surface area contributed by atoms with Gasteiger partial charge in [-0.2, -0.15) is 0 Å². The largest absolute Gasteiger partial charge is 0.504 e. The van der Waals surface area contributed by atoms with E-state index in [1.54, 1.807) is 19.2 Å². The molecular formula is C20H22ClNO3. The number of para-hydroxylation sites is 1. The quantitative estimate of drug-likeness (QED) is 0.767. The van der Waals surface area contributed by atoms with E-state index in [2.05, 4.69) is 18.7 Å². The number of fused-ring (bicyclic) bond motifs is 1. The highest BCUT2D eigenvalue weighted by atomic mass is 35.5. The maximum atomic E-state index is 10.2. The van der Waals surface area contributed by atoms with E-state index < -0.39 is 0 Å². The monoisotopic (exact) mass is 359 g/mol. The summed E-state index contributed by atoms with van der Waals surface area (Å²) in [6.07, 6.45) is 1.69. The molecule has 2 aromatic rings. The number of phenolic OH excluding ortho intramolecular Hbond substituents is 2. The van der Waals surface area contributed by atoms with Gasteiger partial charge in [0.05, 0.1) is 0 Å². The summed E-state index contributed by atoms with van der Waals surface area (Å²) in [7, 11) is 1.66. The lowest BCUT2D eigenvalue weighted by Gasteiger charge is -2.31. The zero-order valence-electron chi connectivity index (χ0n) is 14.7. The number of ether oxygens (including phenoxy) is 1. The van der Waals surface area contributed by atoms with Crippen molar-refractivity contribution in [3.8, 4) is 11.5 Å². The summed E-state index contributed by atoms with van der Waals surface area (Å²) in [5.74, 6) is -0.276. The normalized spacial score (nSPS) is 18.4. The molecule has 3 rings (SSSR count). The van der Waals surface area contributed by atoms with Gasteiger partial charge in [0.25, 0.3) is 0 Å². The fourth-order valence-corrected chi connectivity index (χ4v) is 3.52. The maximum Gasteiger partial charge on any atom is 0.164 e. The van der Waals surface area contributed by atoms with Gasteiger partial charge in [-0.05, 0) is 42.8 Å². The Labute approximate surface area is 152 Å². The summed E-state index contributed by atoms with van der Waals surface area (Å²) < 4.78 is 5.58. The third-order valence-electron chi connectivity index (χ3n) is 4.83. The van der Waals surface area contributed by atoms with Crippen molar-refractivity contribution in [2.45, 2.75) is 32.4 Å². The topological polar surface area (TPSA) is 52.9 Å². The van der Waals surface area contributed by atoms with Crippen LogP contribution in [-0.4, -0.2) is 23.6 Å². The molecule has 2 aromatic carbocycles. The third kappa shape index (κ3) is 2.86. The van der Waals surface area contributed by atoms with Crippen molar-refractivity contribution in [1.82, 2.24) is 0 Å². The van der Waals surface area contributed by atoms with Crippen LogP contribution in [0.5, 0.6) is 11.5 Å². The molecule has 0 radical (unpaired) electrons. The van der Waals surface area contributed by atoms with Crippen molar-refractivity contribution in [1.29, 1.82) is 0 Å². The number of halogens is 1. The molecule has 132 valence electrons. The number of anilines is 1.